The van der Waals surface area contributed by atoms with E-state index in [1.165, 1.54) is 22.0 Å². The van der Waals surface area contributed by atoms with Crippen molar-refractivity contribution in [2.45, 2.75) is 76.8 Å². The van der Waals surface area contributed by atoms with Gasteiger partial charge < -0.3 is 9.29 Å². The minimum atomic E-state index is -1.07. The molecule has 3 atom stereocenters. The van der Waals surface area contributed by atoms with Crippen LogP contribution in [-0.4, -0.2) is 25.8 Å². The molecule has 1 aliphatic heterocycles. The lowest BCUT2D eigenvalue weighted by Crippen LogP contribution is -2.53. The zero-order chi connectivity index (χ0) is 18.9. The minimum absolute atomic E-state index is 0.135. The van der Waals surface area contributed by atoms with Gasteiger partial charge in [-0.3, -0.25) is 0 Å². The number of halogens is 1. The Morgan fingerprint density at radius 3 is 2.42 bits per heavy atom. The largest absolute Gasteiger partial charge is 0.597 e. The normalized spacial score (nSPS) is 23.7. The van der Waals surface area contributed by atoms with E-state index in [4.69, 9.17) is 4.74 Å². The average Bonchev–Trinajstić information content (AvgIpc) is 3.42. The number of hydrogen-bond donors (Lipinski definition) is 0. The second-order valence-corrected chi connectivity index (χ2v) is 11.9. The van der Waals surface area contributed by atoms with Crippen LogP contribution in [0.3, 0.4) is 0 Å². The number of nitrogens with zero attached hydrogens (tertiary/aromatic N) is 1. The van der Waals surface area contributed by atoms with E-state index in [9.17, 15) is 4.55 Å². The van der Waals surface area contributed by atoms with Gasteiger partial charge in [-0.05, 0) is 87.5 Å². The highest BCUT2D eigenvalue weighted by molar-refractivity contribution is 14.1. The number of benzene rings is 1. The first-order chi connectivity index (χ1) is 12.3. The van der Waals surface area contributed by atoms with E-state index in [1.54, 1.807) is 0 Å². The molecule has 0 N–H and O–H groups in total. The van der Waals surface area contributed by atoms with E-state index < -0.39 is 11.4 Å². The van der Waals surface area contributed by atoms with Gasteiger partial charge in [0, 0.05) is 14.9 Å². The van der Waals surface area contributed by atoms with Crippen molar-refractivity contribution in [1.29, 1.82) is 0 Å². The molecule has 26 heavy (non-hydrogen) atoms. The molecule has 1 aliphatic carbocycles. The van der Waals surface area contributed by atoms with E-state index in [-0.39, 0.29) is 16.9 Å². The Morgan fingerprint density at radius 2 is 1.88 bits per heavy atom. The number of rotatable bonds is 6. The third-order valence-electron chi connectivity index (χ3n) is 5.10. The van der Waals surface area contributed by atoms with Crippen LogP contribution in [0.25, 0.3) is 0 Å². The summed E-state index contributed by atoms with van der Waals surface area (Å²) in [4.78, 5) is 0. The fourth-order valence-electron chi connectivity index (χ4n) is 3.59. The van der Waals surface area contributed by atoms with Crippen molar-refractivity contribution in [1.82, 2.24) is 4.31 Å². The Morgan fingerprint density at radius 1 is 1.23 bits per heavy atom. The SMILES string of the molecule is CC1=C(I)CCC(C(C2CC2)N(Cc2ccccc2)[S+]([O-])C(C)(C)C)O1. The van der Waals surface area contributed by atoms with Crippen molar-refractivity contribution in [2.24, 2.45) is 5.92 Å². The molecule has 0 bridgehead atoms. The molecule has 0 amide bonds. The first-order valence-electron chi connectivity index (χ1n) is 9.52. The third kappa shape index (κ3) is 4.97. The third-order valence-corrected chi connectivity index (χ3v) is 8.24. The molecule has 5 heteroatoms. The Kier molecular flexibility index (Phi) is 6.63. The molecule has 3 nitrogen and oxygen atoms in total. The summed E-state index contributed by atoms with van der Waals surface area (Å²) in [5.41, 5.74) is 1.22. The molecule has 0 saturated heterocycles. The molecule has 0 spiro atoms. The lowest BCUT2D eigenvalue weighted by Gasteiger charge is -2.41. The average molecular weight is 487 g/mol. The van der Waals surface area contributed by atoms with E-state index in [2.05, 4.69) is 78.9 Å². The Hall–Kier alpha value is -0.240. The summed E-state index contributed by atoms with van der Waals surface area (Å²) < 4.78 is 23.1. The zero-order valence-electron chi connectivity index (χ0n) is 16.2. The van der Waals surface area contributed by atoms with Crippen LogP contribution in [-0.2, 0) is 22.6 Å². The van der Waals surface area contributed by atoms with Gasteiger partial charge in [-0.2, -0.15) is 0 Å². The summed E-state index contributed by atoms with van der Waals surface area (Å²) in [5.74, 6) is 1.65. The van der Waals surface area contributed by atoms with Crippen LogP contribution >= 0.6 is 22.6 Å². The monoisotopic (exact) mass is 487 g/mol. The van der Waals surface area contributed by atoms with Crippen molar-refractivity contribution in [3.63, 3.8) is 0 Å². The van der Waals surface area contributed by atoms with Crippen LogP contribution in [0.1, 0.15) is 58.9 Å². The first kappa shape index (κ1) is 20.5. The summed E-state index contributed by atoms with van der Waals surface area (Å²) in [6.45, 7) is 8.99. The number of hydrogen-bond acceptors (Lipinski definition) is 3. The summed E-state index contributed by atoms with van der Waals surface area (Å²) >= 11 is 1.32. The van der Waals surface area contributed by atoms with Gasteiger partial charge in [0.25, 0.3) is 0 Å². The summed E-state index contributed by atoms with van der Waals surface area (Å²) in [5, 5.41) is 0. The Labute approximate surface area is 175 Å². The summed E-state index contributed by atoms with van der Waals surface area (Å²) in [6.07, 6.45) is 4.66. The highest BCUT2D eigenvalue weighted by Gasteiger charge is 2.49. The highest BCUT2D eigenvalue weighted by atomic mass is 127. The maximum atomic E-state index is 13.5. The maximum absolute atomic E-state index is 13.5. The number of ether oxygens (including phenoxy) is 1. The quantitative estimate of drug-likeness (QED) is 0.389. The topological polar surface area (TPSA) is 35.5 Å². The van der Waals surface area contributed by atoms with Gasteiger partial charge in [0.05, 0.1) is 12.6 Å². The van der Waals surface area contributed by atoms with Crippen molar-refractivity contribution in [3.8, 4) is 0 Å². The van der Waals surface area contributed by atoms with Gasteiger partial charge in [-0.25, -0.2) is 0 Å². The van der Waals surface area contributed by atoms with E-state index in [1.807, 2.05) is 6.07 Å². The predicted octanol–water partition coefficient (Wildman–Crippen LogP) is 5.57. The summed E-state index contributed by atoms with van der Waals surface area (Å²) in [7, 11) is 0. The van der Waals surface area contributed by atoms with Crippen molar-refractivity contribution < 1.29 is 9.29 Å². The second-order valence-electron chi connectivity index (χ2n) is 8.41. The molecular weight excluding hydrogens is 457 g/mol. The molecule has 0 radical (unpaired) electrons. The summed E-state index contributed by atoms with van der Waals surface area (Å²) in [6, 6.07) is 10.6. The Bertz CT molecular complexity index is 639. The van der Waals surface area contributed by atoms with Crippen LogP contribution in [0.2, 0.25) is 0 Å². The molecule has 1 aromatic rings. The minimum Gasteiger partial charge on any atom is -0.597 e. The number of allylic oxidation sites excluding steroid dienone is 2. The highest BCUT2D eigenvalue weighted by Crippen LogP contribution is 2.44. The molecule has 1 saturated carbocycles. The van der Waals surface area contributed by atoms with Crippen LogP contribution < -0.4 is 0 Å². The fourth-order valence-corrected chi connectivity index (χ4v) is 5.52. The van der Waals surface area contributed by atoms with Gasteiger partial charge in [0.2, 0.25) is 0 Å². The first-order valence-corrected chi connectivity index (χ1v) is 11.7. The molecule has 1 aromatic carbocycles. The van der Waals surface area contributed by atoms with Gasteiger partial charge in [-0.1, -0.05) is 30.3 Å². The van der Waals surface area contributed by atoms with Crippen molar-refractivity contribution in [3.05, 3.63) is 45.2 Å². The van der Waals surface area contributed by atoms with Gasteiger partial charge in [0.1, 0.15) is 16.6 Å². The van der Waals surface area contributed by atoms with Gasteiger partial charge >= 0.3 is 0 Å². The molecular formula is C21H30INO2S. The predicted molar refractivity (Wildman–Crippen MR) is 117 cm³/mol. The fraction of sp³-hybridized carbons (Fsp3) is 0.619. The molecule has 3 unspecified atom stereocenters. The lowest BCUT2D eigenvalue weighted by atomic mass is 9.98. The molecule has 1 fully saturated rings. The zero-order valence-corrected chi connectivity index (χ0v) is 19.2. The van der Waals surface area contributed by atoms with Crippen LogP contribution in [0.4, 0.5) is 0 Å². The smallest absolute Gasteiger partial charge is 0.137 e. The second kappa shape index (κ2) is 8.41. The Balaban J connectivity index is 1.89. The van der Waals surface area contributed by atoms with Crippen molar-refractivity contribution >= 4 is 34.0 Å². The molecule has 0 aromatic heterocycles. The van der Waals surface area contributed by atoms with Crippen LogP contribution in [0.5, 0.6) is 0 Å². The standard InChI is InChI=1S/C21H30INO2S/c1-15-18(22)12-13-19(25-15)20(17-10-11-17)23(26(24)21(2,3)4)14-16-8-6-5-7-9-16/h5-9,17,19-20H,10-14H2,1-4H3. The molecule has 3 rings (SSSR count). The van der Waals surface area contributed by atoms with Crippen molar-refractivity contribution in [2.75, 3.05) is 0 Å². The maximum Gasteiger partial charge on any atom is 0.137 e. The van der Waals surface area contributed by atoms with Gasteiger partial charge in [0.15, 0.2) is 0 Å². The van der Waals surface area contributed by atoms with E-state index in [0.29, 0.717) is 12.5 Å². The molecule has 2 aliphatic rings. The molecule has 144 valence electrons. The van der Waals surface area contributed by atoms with Crippen LogP contribution in [0.15, 0.2) is 39.7 Å². The molecule has 1 heterocycles. The van der Waals surface area contributed by atoms with Crippen LogP contribution in [0, 0.1) is 5.92 Å². The van der Waals surface area contributed by atoms with E-state index >= 15 is 0 Å². The van der Waals surface area contributed by atoms with Gasteiger partial charge in [-0.15, -0.1) is 4.31 Å². The van der Waals surface area contributed by atoms with E-state index in [0.717, 1.165) is 18.6 Å². The lowest BCUT2D eigenvalue weighted by molar-refractivity contribution is 0.0259.